The van der Waals surface area contributed by atoms with Crippen LogP contribution >= 0.6 is 0 Å². The molecule has 0 saturated carbocycles. The van der Waals surface area contributed by atoms with Gasteiger partial charge in [-0.2, -0.15) is 13.2 Å². The first-order valence-corrected chi connectivity index (χ1v) is 8.65. The number of carbonyl (C=O) groups is 4. The van der Waals surface area contributed by atoms with Crippen LogP contribution in [0.15, 0.2) is 24.3 Å². The van der Waals surface area contributed by atoms with Crippen molar-refractivity contribution in [1.29, 1.82) is 0 Å². The molecule has 0 bridgehead atoms. The highest BCUT2D eigenvalue weighted by Gasteiger charge is 2.42. The van der Waals surface area contributed by atoms with E-state index < -0.39 is 53.4 Å². The van der Waals surface area contributed by atoms with Gasteiger partial charge in [-0.15, -0.1) is 0 Å². The Balaban J connectivity index is 3.01. The highest BCUT2D eigenvalue weighted by atomic mass is 19.4. The van der Waals surface area contributed by atoms with Crippen molar-refractivity contribution in [2.75, 3.05) is 21.3 Å². The summed E-state index contributed by atoms with van der Waals surface area (Å²) in [5.74, 6) is -6.23. The molecule has 0 aliphatic heterocycles. The second-order valence-electron chi connectivity index (χ2n) is 6.32. The van der Waals surface area contributed by atoms with E-state index in [1.807, 2.05) is 0 Å². The molecule has 166 valence electrons. The largest absolute Gasteiger partial charge is 0.468 e. The average Bonchev–Trinajstić information content (AvgIpc) is 2.70. The fourth-order valence-electron chi connectivity index (χ4n) is 2.73. The average molecular weight is 433 g/mol. The van der Waals surface area contributed by atoms with E-state index in [0.717, 1.165) is 45.6 Å². The predicted octanol–water partition coefficient (Wildman–Crippen LogP) is 1.50. The van der Waals surface area contributed by atoms with Crippen LogP contribution in [0, 0.1) is 11.8 Å². The van der Waals surface area contributed by atoms with Crippen LogP contribution in [0.4, 0.5) is 13.2 Å². The molecular formula is C19H22F3NO7. The summed E-state index contributed by atoms with van der Waals surface area (Å²) in [6.45, 7) is 1.35. The van der Waals surface area contributed by atoms with E-state index in [2.05, 4.69) is 19.5 Å². The van der Waals surface area contributed by atoms with Crippen LogP contribution < -0.4 is 5.32 Å². The van der Waals surface area contributed by atoms with Gasteiger partial charge >= 0.3 is 24.1 Å². The topological polar surface area (TPSA) is 108 Å². The third-order valence-corrected chi connectivity index (χ3v) is 4.38. The molecule has 11 heteroatoms. The Bertz CT molecular complexity index is 761. The number of amides is 1. The molecule has 0 saturated heterocycles. The first kappa shape index (κ1) is 24.9. The van der Waals surface area contributed by atoms with E-state index in [1.165, 1.54) is 6.92 Å². The first-order valence-electron chi connectivity index (χ1n) is 8.65. The fraction of sp³-hybridized carbons (Fsp3) is 0.474. The van der Waals surface area contributed by atoms with Crippen LogP contribution in [0.2, 0.25) is 0 Å². The number of hydrogen-bond acceptors (Lipinski definition) is 7. The summed E-state index contributed by atoms with van der Waals surface area (Å²) in [5.41, 5.74) is -0.610. The Morgan fingerprint density at radius 2 is 1.37 bits per heavy atom. The quantitative estimate of drug-likeness (QED) is 0.376. The first-order chi connectivity index (χ1) is 14.0. The molecule has 0 aliphatic rings. The fourth-order valence-corrected chi connectivity index (χ4v) is 2.73. The molecule has 1 amide bonds. The van der Waals surface area contributed by atoms with E-state index in [4.69, 9.17) is 0 Å². The van der Waals surface area contributed by atoms with Gasteiger partial charge in [-0.25, -0.2) is 4.79 Å². The lowest BCUT2D eigenvalue weighted by Gasteiger charge is -2.27. The summed E-state index contributed by atoms with van der Waals surface area (Å²) in [6.07, 6.45) is -4.86. The van der Waals surface area contributed by atoms with Gasteiger partial charge in [-0.05, 0) is 17.7 Å². The number of rotatable bonds is 8. The van der Waals surface area contributed by atoms with Crippen LogP contribution in [0.25, 0.3) is 0 Å². The molecule has 1 aromatic rings. The van der Waals surface area contributed by atoms with E-state index in [1.54, 1.807) is 0 Å². The van der Waals surface area contributed by atoms with Crippen molar-refractivity contribution in [3.8, 4) is 0 Å². The zero-order valence-corrected chi connectivity index (χ0v) is 16.7. The highest BCUT2D eigenvalue weighted by molar-refractivity contribution is 5.96. The molecular weight excluding hydrogens is 411 g/mol. The second-order valence-corrected chi connectivity index (χ2v) is 6.32. The van der Waals surface area contributed by atoms with E-state index >= 15 is 0 Å². The van der Waals surface area contributed by atoms with Gasteiger partial charge in [0, 0.05) is 5.92 Å². The summed E-state index contributed by atoms with van der Waals surface area (Å²) in [6, 6.07) is 2.50. The summed E-state index contributed by atoms with van der Waals surface area (Å²) in [5, 5.41) is 2.35. The van der Waals surface area contributed by atoms with Crippen LogP contribution in [0.3, 0.4) is 0 Å². The molecule has 0 radical (unpaired) electrons. The minimum Gasteiger partial charge on any atom is -0.468 e. The molecule has 1 rings (SSSR count). The SMILES string of the molecule is COC(=O)C(C(=O)OC)[C@@H](C)[C@@H](NC(=O)Cc1ccc(C(F)(F)F)cc1)C(=O)OC. The molecule has 0 heterocycles. The number of esters is 3. The molecule has 30 heavy (non-hydrogen) atoms. The maximum absolute atomic E-state index is 12.6. The highest BCUT2D eigenvalue weighted by Crippen LogP contribution is 2.29. The van der Waals surface area contributed by atoms with Crippen LogP contribution in [-0.4, -0.2) is 51.2 Å². The molecule has 0 aromatic heterocycles. The maximum Gasteiger partial charge on any atom is 0.416 e. The van der Waals surface area contributed by atoms with Gasteiger partial charge in [0.25, 0.3) is 0 Å². The molecule has 0 spiro atoms. The third-order valence-electron chi connectivity index (χ3n) is 4.38. The second kappa shape index (κ2) is 10.6. The Morgan fingerprint density at radius 1 is 0.900 bits per heavy atom. The number of hydrogen-bond donors (Lipinski definition) is 1. The molecule has 0 unspecified atom stereocenters. The van der Waals surface area contributed by atoms with E-state index in [-0.39, 0.29) is 12.0 Å². The third kappa shape index (κ3) is 6.46. The van der Waals surface area contributed by atoms with Gasteiger partial charge in [0.05, 0.1) is 33.3 Å². The molecule has 2 atom stereocenters. The minimum absolute atomic E-state index is 0.259. The van der Waals surface area contributed by atoms with Crippen molar-refractivity contribution in [3.63, 3.8) is 0 Å². The standard InChI is InChI=1S/C19H22F3NO7/c1-10(14(16(25)28-2)17(26)29-3)15(18(27)30-4)23-13(24)9-11-5-7-12(8-6-11)19(20,21)22/h5-8,10,14-15H,9H2,1-4H3,(H,23,24)/t10-,15-/m1/s1. The van der Waals surface area contributed by atoms with E-state index in [9.17, 15) is 32.3 Å². The summed E-state index contributed by atoms with van der Waals surface area (Å²) in [7, 11) is 3.14. The number of methoxy groups -OCH3 is 3. The zero-order valence-electron chi connectivity index (χ0n) is 16.7. The van der Waals surface area contributed by atoms with Crippen molar-refractivity contribution < 1.29 is 46.6 Å². The summed E-state index contributed by atoms with van der Waals surface area (Å²) < 4.78 is 51.6. The van der Waals surface area contributed by atoms with Crippen LogP contribution in [0.1, 0.15) is 18.1 Å². The molecule has 8 nitrogen and oxygen atoms in total. The van der Waals surface area contributed by atoms with Gasteiger partial charge < -0.3 is 19.5 Å². The Morgan fingerprint density at radius 3 is 1.77 bits per heavy atom. The number of benzene rings is 1. The van der Waals surface area contributed by atoms with Crippen LogP contribution in [0.5, 0.6) is 0 Å². The molecule has 0 aliphatic carbocycles. The lowest BCUT2D eigenvalue weighted by molar-refractivity contribution is -0.163. The summed E-state index contributed by atoms with van der Waals surface area (Å²) >= 11 is 0. The molecule has 1 aromatic carbocycles. The Kier molecular flexibility index (Phi) is 8.81. The van der Waals surface area contributed by atoms with Gasteiger partial charge in [0.2, 0.25) is 5.91 Å². The maximum atomic E-state index is 12.6. The number of carbonyl (C=O) groups excluding carboxylic acids is 4. The smallest absolute Gasteiger partial charge is 0.416 e. The zero-order chi connectivity index (χ0) is 23.1. The van der Waals surface area contributed by atoms with Gasteiger partial charge in [0.15, 0.2) is 5.92 Å². The van der Waals surface area contributed by atoms with Crippen molar-refractivity contribution >= 4 is 23.8 Å². The number of halogens is 3. The van der Waals surface area contributed by atoms with Crippen molar-refractivity contribution in [2.24, 2.45) is 11.8 Å². The number of nitrogens with one attached hydrogen (secondary N) is 1. The van der Waals surface area contributed by atoms with Crippen molar-refractivity contribution in [1.82, 2.24) is 5.32 Å². The Hall–Kier alpha value is -3.11. The predicted molar refractivity (Wildman–Crippen MR) is 95.8 cm³/mol. The van der Waals surface area contributed by atoms with Crippen LogP contribution in [-0.2, 0) is 46.0 Å². The number of alkyl halides is 3. The lowest BCUT2D eigenvalue weighted by atomic mass is 9.87. The summed E-state index contributed by atoms with van der Waals surface area (Å²) in [4.78, 5) is 48.5. The monoisotopic (exact) mass is 433 g/mol. The van der Waals surface area contributed by atoms with Gasteiger partial charge in [0.1, 0.15) is 6.04 Å². The number of ether oxygens (including phenoxy) is 3. The normalized spacial score (nSPS) is 13.2. The minimum atomic E-state index is -4.51. The van der Waals surface area contributed by atoms with E-state index in [0.29, 0.717) is 0 Å². The lowest BCUT2D eigenvalue weighted by Crippen LogP contribution is -2.51. The van der Waals surface area contributed by atoms with Gasteiger partial charge in [-0.3, -0.25) is 14.4 Å². The van der Waals surface area contributed by atoms with Crippen molar-refractivity contribution in [3.05, 3.63) is 35.4 Å². The molecule has 1 N–H and O–H groups in total. The Labute approximate surface area is 170 Å². The molecule has 0 fully saturated rings. The van der Waals surface area contributed by atoms with Crippen molar-refractivity contribution in [2.45, 2.75) is 25.6 Å². The van der Waals surface area contributed by atoms with Gasteiger partial charge in [-0.1, -0.05) is 19.1 Å².